The predicted octanol–water partition coefficient (Wildman–Crippen LogP) is 5.46. The highest BCUT2D eigenvalue weighted by atomic mass is 35.5. The van der Waals surface area contributed by atoms with Crippen LogP contribution >= 0.6 is 11.6 Å². The molecule has 2 N–H and O–H groups in total. The number of H-pyrrole nitrogens is 1. The summed E-state index contributed by atoms with van der Waals surface area (Å²) in [5.74, 6) is -1.44. The van der Waals surface area contributed by atoms with Crippen molar-refractivity contribution in [3.8, 4) is 5.88 Å². The summed E-state index contributed by atoms with van der Waals surface area (Å²) < 4.78 is 33.6. The van der Waals surface area contributed by atoms with E-state index in [-0.39, 0.29) is 34.5 Å². The van der Waals surface area contributed by atoms with Crippen LogP contribution in [0.3, 0.4) is 0 Å². The first kappa shape index (κ1) is 31.7. The number of carbonyl (C=O) groups is 2. The van der Waals surface area contributed by atoms with Crippen molar-refractivity contribution in [3.63, 3.8) is 0 Å². The predicted molar refractivity (Wildman–Crippen MR) is 164 cm³/mol. The minimum atomic E-state index is -4.23. The van der Waals surface area contributed by atoms with Gasteiger partial charge in [-0.05, 0) is 75.0 Å². The third kappa shape index (κ3) is 8.40. The fourth-order valence-electron chi connectivity index (χ4n) is 4.24. The summed E-state index contributed by atoms with van der Waals surface area (Å²) in [6.07, 6.45) is 1.29. The largest absolute Gasteiger partial charge is 0.493 e. The number of para-hydroxylation sites is 1. The number of nitrogens with one attached hydrogen (secondary N) is 1. The number of azo groups is 1. The normalized spacial score (nSPS) is 11.8. The molecule has 0 aliphatic rings. The molecular formula is C30H32ClN5O6S. The number of nitrogens with zero attached hydrogens (tertiary/aromatic N) is 4. The zero-order chi connectivity index (χ0) is 31.0. The first-order valence-electron chi connectivity index (χ1n) is 13.5. The van der Waals surface area contributed by atoms with E-state index in [1.54, 1.807) is 36.4 Å². The van der Waals surface area contributed by atoms with Crippen LogP contribution in [-0.4, -0.2) is 69.1 Å². The Morgan fingerprint density at radius 1 is 1.00 bits per heavy atom. The van der Waals surface area contributed by atoms with E-state index in [1.165, 1.54) is 36.4 Å². The number of hydrogen-bond acceptors (Lipinski definition) is 8. The highest BCUT2D eigenvalue weighted by Crippen LogP contribution is 2.35. The third-order valence-corrected chi connectivity index (χ3v) is 8.50. The van der Waals surface area contributed by atoms with Crippen molar-refractivity contribution in [2.24, 2.45) is 10.2 Å². The second-order valence-corrected chi connectivity index (χ2v) is 12.3. The monoisotopic (exact) mass is 625 g/mol. The standard InChI is InChI=1S/C30H32ClN5O6S/c1-35(2)18-5-19-42-28(38)17-10-21-8-15-24(16-9-21)43(40,41)36(23-13-11-22(31)12-14-23)20-27(37)33-34-29-25-6-3-4-7-26(25)32-30(29)39/h3-4,6-9,11-16,32,39H,5,10,17-20H2,1-2H3. The summed E-state index contributed by atoms with van der Waals surface area (Å²) in [4.78, 5) is 29.7. The number of aromatic amines is 1. The molecule has 0 fully saturated rings. The van der Waals surface area contributed by atoms with Crippen LogP contribution in [0.5, 0.6) is 5.88 Å². The fraction of sp³-hybridized carbons (Fsp3) is 0.267. The smallest absolute Gasteiger partial charge is 0.306 e. The lowest BCUT2D eigenvalue weighted by molar-refractivity contribution is -0.143. The number of rotatable bonds is 13. The number of amides is 1. The van der Waals surface area contributed by atoms with Gasteiger partial charge in [-0.25, -0.2) is 8.42 Å². The van der Waals surface area contributed by atoms with Crippen LogP contribution in [0.2, 0.25) is 5.02 Å². The SMILES string of the molecule is CN(C)CCCOC(=O)CCc1ccc(S(=O)(=O)N(CC(=O)N=Nc2c(O)[nH]c3ccccc23)c2ccc(Cl)cc2)cc1. The quantitative estimate of drug-likeness (QED) is 0.114. The maximum absolute atomic E-state index is 13.7. The molecule has 1 amide bonds. The van der Waals surface area contributed by atoms with E-state index in [0.717, 1.165) is 22.8 Å². The molecule has 11 nitrogen and oxygen atoms in total. The van der Waals surface area contributed by atoms with Gasteiger partial charge in [0.1, 0.15) is 6.54 Å². The molecule has 0 spiro atoms. The van der Waals surface area contributed by atoms with Crippen molar-refractivity contribution in [1.82, 2.24) is 9.88 Å². The van der Waals surface area contributed by atoms with Gasteiger partial charge >= 0.3 is 5.97 Å². The summed E-state index contributed by atoms with van der Waals surface area (Å²) in [7, 11) is -0.337. The Morgan fingerprint density at radius 3 is 2.40 bits per heavy atom. The van der Waals surface area contributed by atoms with Crippen LogP contribution in [0.4, 0.5) is 11.4 Å². The number of benzene rings is 3. The van der Waals surface area contributed by atoms with Crippen LogP contribution < -0.4 is 4.31 Å². The number of esters is 1. The molecule has 4 aromatic rings. The van der Waals surface area contributed by atoms with Crippen molar-refractivity contribution in [3.05, 3.63) is 83.4 Å². The van der Waals surface area contributed by atoms with Gasteiger partial charge in [0.25, 0.3) is 15.9 Å². The number of anilines is 1. The molecule has 0 atom stereocenters. The van der Waals surface area contributed by atoms with E-state index in [2.05, 4.69) is 15.2 Å². The molecule has 0 bridgehead atoms. The van der Waals surface area contributed by atoms with Crippen LogP contribution in [-0.2, 0) is 30.8 Å². The minimum Gasteiger partial charge on any atom is -0.493 e. The lowest BCUT2D eigenvalue weighted by atomic mass is 10.1. The van der Waals surface area contributed by atoms with Crippen LogP contribution in [0, 0.1) is 0 Å². The molecule has 1 heterocycles. The zero-order valence-corrected chi connectivity index (χ0v) is 25.3. The van der Waals surface area contributed by atoms with Gasteiger partial charge in [0.2, 0.25) is 5.88 Å². The summed E-state index contributed by atoms with van der Waals surface area (Å²) in [6.45, 7) is 0.506. The van der Waals surface area contributed by atoms with Crippen molar-refractivity contribution in [1.29, 1.82) is 0 Å². The Hall–Kier alpha value is -4.26. The first-order valence-corrected chi connectivity index (χ1v) is 15.3. The molecule has 4 rings (SSSR count). The second kappa shape index (κ2) is 14.3. The highest BCUT2D eigenvalue weighted by Gasteiger charge is 2.27. The molecule has 0 saturated carbocycles. The lowest BCUT2D eigenvalue weighted by Crippen LogP contribution is -2.35. The molecule has 0 aliphatic heterocycles. The molecule has 13 heteroatoms. The second-order valence-electron chi connectivity index (χ2n) is 9.97. The van der Waals surface area contributed by atoms with Gasteiger partial charge in [-0.2, -0.15) is 0 Å². The average molecular weight is 626 g/mol. The van der Waals surface area contributed by atoms with E-state index >= 15 is 0 Å². The highest BCUT2D eigenvalue weighted by molar-refractivity contribution is 7.92. The van der Waals surface area contributed by atoms with Gasteiger partial charge in [0, 0.05) is 23.4 Å². The number of aryl methyl sites for hydroxylation is 1. The Kier molecular flexibility index (Phi) is 10.5. The third-order valence-electron chi connectivity index (χ3n) is 6.46. The maximum atomic E-state index is 13.7. The van der Waals surface area contributed by atoms with Crippen molar-refractivity contribution < 1.29 is 27.9 Å². The minimum absolute atomic E-state index is 0.0588. The van der Waals surface area contributed by atoms with Crippen LogP contribution in [0.1, 0.15) is 18.4 Å². The molecular weight excluding hydrogens is 594 g/mol. The number of aromatic nitrogens is 1. The number of halogens is 1. The Labute approximate surface area is 254 Å². The zero-order valence-electron chi connectivity index (χ0n) is 23.7. The van der Waals surface area contributed by atoms with E-state index < -0.39 is 22.5 Å². The van der Waals surface area contributed by atoms with Crippen molar-refractivity contribution in [2.75, 3.05) is 38.1 Å². The Balaban J connectivity index is 1.48. The average Bonchev–Trinajstić information content (AvgIpc) is 3.31. The Morgan fingerprint density at radius 2 is 1.70 bits per heavy atom. The number of fused-ring (bicyclic) bond motifs is 1. The van der Waals surface area contributed by atoms with Crippen LogP contribution in [0.15, 0.2) is 87.9 Å². The maximum Gasteiger partial charge on any atom is 0.306 e. The van der Waals surface area contributed by atoms with E-state index in [4.69, 9.17) is 16.3 Å². The van der Waals surface area contributed by atoms with Crippen molar-refractivity contribution in [2.45, 2.75) is 24.2 Å². The van der Waals surface area contributed by atoms with Crippen LogP contribution in [0.25, 0.3) is 10.9 Å². The molecule has 1 aromatic heterocycles. The number of sulfonamides is 1. The number of ether oxygens (including phenoxy) is 1. The van der Waals surface area contributed by atoms with Gasteiger partial charge < -0.3 is 19.7 Å². The van der Waals surface area contributed by atoms with Crippen molar-refractivity contribution >= 4 is 55.8 Å². The van der Waals surface area contributed by atoms with E-state index in [1.807, 2.05) is 19.0 Å². The number of carbonyl (C=O) groups excluding carboxylic acids is 2. The number of hydrogen-bond donors (Lipinski definition) is 2. The molecule has 0 radical (unpaired) electrons. The molecule has 0 aliphatic carbocycles. The molecule has 3 aromatic carbocycles. The van der Waals surface area contributed by atoms with E-state index in [9.17, 15) is 23.1 Å². The van der Waals surface area contributed by atoms with Gasteiger partial charge in [-0.1, -0.05) is 41.9 Å². The molecule has 226 valence electrons. The van der Waals surface area contributed by atoms with Gasteiger partial charge in [-0.3, -0.25) is 13.9 Å². The number of aromatic hydroxyl groups is 1. The molecule has 0 unspecified atom stereocenters. The molecule has 0 saturated heterocycles. The summed E-state index contributed by atoms with van der Waals surface area (Å²) in [5.41, 5.74) is 1.62. The topological polar surface area (TPSA) is 145 Å². The summed E-state index contributed by atoms with van der Waals surface area (Å²) in [6, 6.07) is 19.0. The first-order chi connectivity index (χ1) is 20.5. The van der Waals surface area contributed by atoms with E-state index in [0.29, 0.717) is 29.0 Å². The summed E-state index contributed by atoms with van der Waals surface area (Å²) >= 11 is 6.01. The Bertz CT molecular complexity index is 1700. The van der Waals surface area contributed by atoms with Gasteiger partial charge in [0.15, 0.2) is 5.69 Å². The molecule has 43 heavy (non-hydrogen) atoms. The summed E-state index contributed by atoms with van der Waals surface area (Å²) in [5, 5.41) is 18.7. The fourth-order valence-corrected chi connectivity index (χ4v) is 5.78. The van der Waals surface area contributed by atoms with Gasteiger partial charge in [-0.15, -0.1) is 10.2 Å². The van der Waals surface area contributed by atoms with Gasteiger partial charge in [0.05, 0.1) is 22.7 Å². The lowest BCUT2D eigenvalue weighted by Gasteiger charge is -2.23.